The zero-order chi connectivity index (χ0) is 5.33. The number of hydrogen-bond donors (Lipinski definition) is 0. The summed E-state index contributed by atoms with van der Waals surface area (Å²) in [6.07, 6.45) is 5.10. The van der Waals surface area contributed by atoms with Gasteiger partial charge in [-0.1, -0.05) is 12.8 Å². The number of rotatable bonds is 0. The summed E-state index contributed by atoms with van der Waals surface area (Å²) in [4.78, 5) is 0.167. The SMILES string of the molecule is CC1(Cl)CCCC1.[MgH2]. The lowest BCUT2D eigenvalue weighted by Gasteiger charge is -2.10. The Morgan fingerprint density at radius 3 is 1.75 bits per heavy atom. The van der Waals surface area contributed by atoms with Crippen molar-refractivity contribution in [1.29, 1.82) is 0 Å². The van der Waals surface area contributed by atoms with E-state index in [1.165, 1.54) is 25.7 Å². The van der Waals surface area contributed by atoms with E-state index in [1.807, 2.05) is 0 Å². The summed E-state index contributed by atoms with van der Waals surface area (Å²) in [5.74, 6) is 0. The van der Waals surface area contributed by atoms with E-state index in [-0.39, 0.29) is 27.9 Å². The van der Waals surface area contributed by atoms with E-state index >= 15 is 0 Å². The van der Waals surface area contributed by atoms with Gasteiger partial charge in [-0.05, 0) is 19.8 Å². The average molecular weight is 145 g/mol. The van der Waals surface area contributed by atoms with Crippen molar-refractivity contribution in [3.8, 4) is 0 Å². The van der Waals surface area contributed by atoms with Crippen LogP contribution < -0.4 is 0 Å². The van der Waals surface area contributed by atoms with Gasteiger partial charge in [0.25, 0.3) is 0 Å². The molecule has 0 aromatic heterocycles. The van der Waals surface area contributed by atoms with E-state index in [0.29, 0.717) is 0 Å². The Morgan fingerprint density at radius 1 is 1.25 bits per heavy atom. The van der Waals surface area contributed by atoms with Crippen LogP contribution in [0.3, 0.4) is 0 Å². The van der Waals surface area contributed by atoms with Gasteiger partial charge in [0.1, 0.15) is 0 Å². The molecule has 0 aromatic carbocycles. The van der Waals surface area contributed by atoms with E-state index in [1.54, 1.807) is 0 Å². The molecule has 0 radical (unpaired) electrons. The molecule has 0 saturated heterocycles. The first kappa shape index (κ1) is 9.06. The van der Waals surface area contributed by atoms with Crippen molar-refractivity contribution in [3.63, 3.8) is 0 Å². The summed E-state index contributed by atoms with van der Waals surface area (Å²) in [6, 6.07) is 0. The highest BCUT2D eigenvalue weighted by Gasteiger charge is 2.24. The van der Waals surface area contributed by atoms with Gasteiger partial charge in [-0.15, -0.1) is 11.6 Å². The first-order valence-corrected chi connectivity index (χ1v) is 3.27. The predicted molar refractivity (Wildman–Crippen MR) is 41.3 cm³/mol. The van der Waals surface area contributed by atoms with Gasteiger partial charge in [0, 0.05) is 4.87 Å². The summed E-state index contributed by atoms with van der Waals surface area (Å²) < 4.78 is 0. The molecule has 0 aliphatic heterocycles. The van der Waals surface area contributed by atoms with Crippen molar-refractivity contribution in [2.75, 3.05) is 0 Å². The zero-order valence-corrected chi connectivity index (χ0v) is 5.46. The molecule has 0 N–H and O–H groups in total. The second-order valence-electron chi connectivity index (χ2n) is 2.62. The molecule has 46 valence electrons. The first-order valence-electron chi connectivity index (χ1n) is 2.90. The van der Waals surface area contributed by atoms with E-state index < -0.39 is 0 Å². The lowest BCUT2D eigenvalue weighted by molar-refractivity contribution is 0.659. The summed E-state index contributed by atoms with van der Waals surface area (Å²) in [6.45, 7) is 2.13. The van der Waals surface area contributed by atoms with E-state index in [9.17, 15) is 0 Å². The molecule has 1 fully saturated rings. The Balaban J connectivity index is 0.000000490. The molecule has 0 spiro atoms. The molecule has 0 nitrogen and oxygen atoms in total. The van der Waals surface area contributed by atoms with Crippen LogP contribution in [0.5, 0.6) is 0 Å². The van der Waals surface area contributed by atoms with Crippen LogP contribution in [0.2, 0.25) is 0 Å². The minimum absolute atomic E-state index is 0. The normalized spacial score (nSPS) is 24.8. The van der Waals surface area contributed by atoms with Gasteiger partial charge in [0.05, 0.1) is 0 Å². The maximum absolute atomic E-state index is 5.97. The first-order chi connectivity index (χ1) is 3.21. The number of halogens is 1. The van der Waals surface area contributed by atoms with Crippen LogP contribution in [0.4, 0.5) is 0 Å². The largest absolute Gasteiger partial charge is 0.316 e. The fraction of sp³-hybridized carbons (Fsp3) is 1.00. The fourth-order valence-corrected chi connectivity index (χ4v) is 1.38. The third kappa shape index (κ3) is 2.56. The Hall–Kier alpha value is 1.06. The van der Waals surface area contributed by atoms with Gasteiger partial charge >= 0.3 is 23.1 Å². The standard InChI is InChI=1S/C6H11Cl.Mg.2H/c1-6(7)4-2-3-5-6;;;/h2-5H2,1H3;;;. The second kappa shape index (κ2) is 3.28. The second-order valence-corrected chi connectivity index (χ2v) is 3.53. The Labute approximate surface area is 72.1 Å². The topological polar surface area (TPSA) is 0 Å². The van der Waals surface area contributed by atoms with Crippen LogP contribution >= 0.6 is 11.6 Å². The van der Waals surface area contributed by atoms with E-state index in [2.05, 4.69) is 6.92 Å². The predicted octanol–water partition coefficient (Wildman–Crippen LogP) is 1.64. The van der Waals surface area contributed by atoms with Gasteiger partial charge in [0.2, 0.25) is 0 Å². The van der Waals surface area contributed by atoms with Crippen LogP contribution in [0.25, 0.3) is 0 Å². The monoisotopic (exact) mass is 144 g/mol. The number of hydrogen-bond acceptors (Lipinski definition) is 0. The quantitative estimate of drug-likeness (QED) is 0.359. The molecule has 0 unspecified atom stereocenters. The van der Waals surface area contributed by atoms with Crippen LogP contribution in [0.15, 0.2) is 0 Å². The molecule has 0 atom stereocenters. The molecule has 1 saturated carbocycles. The molecule has 0 heterocycles. The van der Waals surface area contributed by atoms with Gasteiger partial charge < -0.3 is 0 Å². The minimum atomic E-state index is 0. The smallest absolute Gasteiger partial charge is 0.120 e. The molecule has 8 heavy (non-hydrogen) atoms. The number of alkyl halides is 1. The van der Waals surface area contributed by atoms with Crippen LogP contribution in [-0.4, -0.2) is 27.9 Å². The fourth-order valence-electron chi connectivity index (χ4n) is 1.11. The molecule has 1 rings (SSSR count). The van der Waals surface area contributed by atoms with Crippen molar-refractivity contribution in [1.82, 2.24) is 0 Å². The maximum Gasteiger partial charge on any atom is 0.316 e. The van der Waals surface area contributed by atoms with Crippen LogP contribution in [0, 0.1) is 0 Å². The van der Waals surface area contributed by atoms with Crippen molar-refractivity contribution in [2.24, 2.45) is 0 Å². The molecule has 1 aliphatic rings. The summed E-state index contributed by atoms with van der Waals surface area (Å²) in [5, 5.41) is 0. The summed E-state index contributed by atoms with van der Waals surface area (Å²) in [5.41, 5.74) is 0. The third-order valence-corrected chi connectivity index (χ3v) is 2.02. The van der Waals surface area contributed by atoms with Crippen molar-refractivity contribution in [2.45, 2.75) is 37.5 Å². The van der Waals surface area contributed by atoms with E-state index in [4.69, 9.17) is 11.6 Å². The van der Waals surface area contributed by atoms with Gasteiger partial charge in [-0.3, -0.25) is 0 Å². The van der Waals surface area contributed by atoms with Crippen molar-refractivity contribution < 1.29 is 0 Å². The molecule has 2 heteroatoms. The van der Waals surface area contributed by atoms with Gasteiger partial charge in [-0.25, -0.2) is 0 Å². The highest BCUT2D eigenvalue weighted by atomic mass is 35.5. The third-order valence-electron chi connectivity index (χ3n) is 1.65. The molecule has 0 bridgehead atoms. The lowest BCUT2D eigenvalue weighted by atomic mass is 10.1. The lowest BCUT2D eigenvalue weighted by Crippen LogP contribution is -2.07. The maximum atomic E-state index is 5.97. The molecular formula is C6H13ClMg. The molecular weight excluding hydrogens is 132 g/mol. The molecule has 1 aliphatic carbocycles. The molecule has 0 aromatic rings. The van der Waals surface area contributed by atoms with E-state index in [0.717, 1.165) is 0 Å². The van der Waals surface area contributed by atoms with Gasteiger partial charge in [0.15, 0.2) is 0 Å². The Bertz CT molecular complexity index is 62.9. The summed E-state index contributed by atoms with van der Waals surface area (Å²) >= 11 is 5.97. The Kier molecular flexibility index (Phi) is 3.71. The molecule has 0 amide bonds. The minimum Gasteiger partial charge on any atom is -0.120 e. The van der Waals surface area contributed by atoms with Crippen molar-refractivity contribution >= 4 is 34.7 Å². The van der Waals surface area contributed by atoms with Crippen LogP contribution in [-0.2, 0) is 0 Å². The van der Waals surface area contributed by atoms with Crippen LogP contribution in [0.1, 0.15) is 32.6 Å². The Morgan fingerprint density at radius 2 is 1.62 bits per heavy atom. The highest BCUT2D eigenvalue weighted by molar-refractivity contribution is 6.23. The summed E-state index contributed by atoms with van der Waals surface area (Å²) in [7, 11) is 0. The average Bonchev–Trinajstić information content (AvgIpc) is 1.84. The highest BCUT2D eigenvalue weighted by Crippen LogP contribution is 2.34. The zero-order valence-electron chi connectivity index (χ0n) is 4.71. The van der Waals surface area contributed by atoms with Gasteiger partial charge in [-0.2, -0.15) is 0 Å². The van der Waals surface area contributed by atoms with Crippen molar-refractivity contribution in [3.05, 3.63) is 0 Å².